The van der Waals surface area contributed by atoms with Gasteiger partial charge in [-0.05, 0) is 48.9 Å². The second-order valence-electron chi connectivity index (χ2n) is 5.77. The number of aryl methyl sites for hydroxylation is 1. The molecule has 132 valence electrons. The topological polar surface area (TPSA) is 75.3 Å². The van der Waals surface area contributed by atoms with Crippen molar-refractivity contribution >= 4 is 27.3 Å². The number of amides is 1. The van der Waals surface area contributed by atoms with E-state index in [-0.39, 0.29) is 10.8 Å². The molecule has 0 atom stereocenters. The molecule has 2 N–H and O–H groups in total. The molecular weight excluding hydrogens is 348 g/mol. The second-order valence-corrected chi connectivity index (χ2v) is 7.45. The first kappa shape index (κ1) is 17.7. The van der Waals surface area contributed by atoms with Crippen molar-refractivity contribution in [2.45, 2.75) is 11.8 Å². The van der Waals surface area contributed by atoms with Gasteiger partial charge in [0.15, 0.2) is 0 Å². The van der Waals surface area contributed by atoms with Gasteiger partial charge < -0.3 is 5.32 Å². The molecule has 0 heterocycles. The van der Waals surface area contributed by atoms with Crippen LogP contribution >= 0.6 is 0 Å². The van der Waals surface area contributed by atoms with Gasteiger partial charge in [0, 0.05) is 16.9 Å². The molecule has 0 aliphatic rings. The zero-order chi connectivity index (χ0) is 18.6. The number of hydrogen-bond acceptors (Lipinski definition) is 3. The second kappa shape index (κ2) is 7.41. The molecule has 1 amide bonds. The van der Waals surface area contributed by atoms with Crippen LogP contribution in [0, 0.1) is 6.92 Å². The molecule has 5 nitrogen and oxygen atoms in total. The molecule has 0 radical (unpaired) electrons. The highest BCUT2D eigenvalue weighted by atomic mass is 32.2. The molecule has 0 aliphatic carbocycles. The Morgan fingerprint density at radius 3 is 2.00 bits per heavy atom. The molecule has 26 heavy (non-hydrogen) atoms. The van der Waals surface area contributed by atoms with Crippen LogP contribution in [0.5, 0.6) is 0 Å². The number of carbonyl (C=O) groups excluding carboxylic acids is 1. The SMILES string of the molecule is Cc1ccc(S(=O)(=O)Nc2ccccc2)cc1C(=O)Nc1ccccc1. The van der Waals surface area contributed by atoms with Gasteiger partial charge in [0.2, 0.25) is 0 Å². The van der Waals surface area contributed by atoms with Crippen LogP contribution in [0.3, 0.4) is 0 Å². The van der Waals surface area contributed by atoms with Crippen molar-refractivity contribution < 1.29 is 13.2 Å². The number of nitrogens with one attached hydrogen (secondary N) is 2. The number of para-hydroxylation sites is 2. The Bertz CT molecular complexity index is 1020. The Kier molecular flexibility index (Phi) is 5.04. The zero-order valence-corrected chi connectivity index (χ0v) is 15.0. The van der Waals surface area contributed by atoms with Crippen molar-refractivity contribution in [1.29, 1.82) is 0 Å². The lowest BCUT2D eigenvalue weighted by Gasteiger charge is -2.12. The minimum Gasteiger partial charge on any atom is -0.322 e. The summed E-state index contributed by atoms with van der Waals surface area (Å²) in [5.74, 6) is -0.356. The van der Waals surface area contributed by atoms with E-state index in [0.717, 1.165) is 0 Å². The summed E-state index contributed by atoms with van der Waals surface area (Å²) in [5, 5.41) is 2.77. The fourth-order valence-electron chi connectivity index (χ4n) is 2.45. The Hall–Kier alpha value is -3.12. The smallest absolute Gasteiger partial charge is 0.261 e. The Morgan fingerprint density at radius 2 is 1.38 bits per heavy atom. The van der Waals surface area contributed by atoms with E-state index in [0.29, 0.717) is 22.5 Å². The lowest BCUT2D eigenvalue weighted by molar-refractivity contribution is 0.102. The fourth-order valence-corrected chi connectivity index (χ4v) is 3.54. The number of rotatable bonds is 5. The van der Waals surface area contributed by atoms with Gasteiger partial charge in [-0.25, -0.2) is 8.42 Å². The van der Waals surface area contributed by atoms with Crippen molar-refractivity contribution in [2.75, 3.05) is 10.0 Å². The van der Waals surface area contributed by atoms with Gasteiger partial charge in [0.1, 0.15) is 0 Å². The molecule has 3 aromatic rings. The summed E-state index contributed by atoms with van der Waals surface area (Å²) in [5.41, 5.74) is 2.11. The summed E-state index contributed by atoms with van der Waals surface area (Å²) in [7, 11) is -3.79. The minimum atomic E-state index is -3.79. The fraction of sp³-hybridized carbons (Fsp3) is 0.0500. The molecule has 0 fully saturated rings. The average molecular weight is 366 g/mol. The summed E-state index contributed by atoms with van der Waals surface area (Å²) in [6.45, 7) is 1.76. The van der Waals surface area contributed by atoms with Gasteiger partial charge in [0.05, 0.1) is 4.90 Å². The quantitative estimate of drug-likeness (QED) is 0.715. The number of hydrogen-bond donors (Lipinski definition) is 2. The highest BCUT2D eigenvalue weighted by Crippen LogP contribution is 2.20. The number of carbonyl (C=O) groups is 1. The van der Waals surface area contributed by atoms with E-state index in [1.165, 1.54) is 12.1 Å². The van der Waals surface area contributed by atoms with E-state index < -0.39 is 10.0 Å². The predicted octanol–water partition coefficient (Wildman–Crippen LogP) is 4.05. The first-order chi connectivity index (χ1) is 12.5. The van der Waals surface area contributed by atoms with Crippen LogP contribution in [0.1, 0.15) is 15.9 Å². The van der Waals surface area contributed by atoms with E-state index in [4.69, 9.17) is 0 Å². The molecular formula is C20H18N2O3S. The maximum absolute atomic E-state index is 12.6. The minimum absolute atomic E-state index is 0.0326. The van der Waals surface area contributed by atoms with Crippen molar-refractivity contribution in [3.05, 3.63) is 90.0 Å². The molecule has 0 saturated carbocycles. The van der Waals surface area contributed by atoms with Crippen molar-refractivity contribution in [2.24, 2.45) is 0 Å². The summed E-state index contributed by atoms with van der Waals surface area (Å²) in [4.78, 5) is 12.6. The first-order valence-electron chi connectivity index (χ1n) is 8.01. The summed E-state index contributed by atoms with van der Waals surface area (Å²) in [6, 6.07) is 22.1. The monoisotopic (exact) mass is 366 g/mol. The van der Waals surface area contributed by atoms with Gasteiger partial charge in [-0.3, -0.25) is 9.52 Å². The molecule has 6 heteroatoms. The predicted molar refractivity (Wildman–Crippen MR) is 103 cm³/mol. The summed E-state index contributed by atoms with van der Waals surface area (Å²) >= 11 is 0. The lowest BCUT2D eigenvalue weighted by Crippen LogP contribution is -2.17. The molecule has 3 rings (SSSR count). The van der Waals surface area contributed by atoms with Gasteiger partial charge in [0.25, 0.3) is 15.9 Å². The number of benzene rings is 3. The molecule has 3 aromatic carbocycles. The number of anilines is 2. The van der Waals surface area contributed by atoms with Gasteiger partial charge >= 0.3 is 0 Å². The molecule has 0 aliphatic heterocycles. The molecule has 0 aromatic heterocycles. The van der Waals surface area contributed by atoms with Crippen LogP contribution in [0.4, 0.5) is 11.4 Å². The van der Waals surface area contributed by atoms with E-state index >= 15 is 0 Å². The van der Waals surface area contributed by atoms with E-state index in [9.17, 15) is 13.2 Å². The highest BCUT2D eigenvalue weighted by molar-refractivity contribution is 7.92. The van der Waals surface area contributed by atoms with Crippen LogP contribution in [0.2, 0.25) is 0 Å². The molecule has 0 bridgehead atoms. The Labute approximate surface area is 152 Å². The van der Waals surface area contributed by atoms with Crippen molar-refractivity contribution in [1.82, 2.24) is 0 Å². The highest BCUT2D eigenvalue weighted by Gasteiger charge is 2.18. The molecule has 0 unspecified atom stereocenters. The van der Waals surface area contributed by atoms with Gasteiger partial charge in [-0.15, -0.1) is 0 Å². The maximum atomic E-state index is 12.6. The van der Waals surface area contributed by atoms with Crippen LogP contribution in [0.25, 0.3) is 0 Å². The van der Waals surface area contributed by atoms with Crippen LogP contribution in [0.15, 0.2) is 83.8 Å². The molecule has 0 spiro atoms. The molecule has 0 saturated heterocycles. The van der Waals surface area contributed by atoms with Crippen LogP contribution in [-0.4, -0.2) is 14.3 Å². The Balaban J connectivity index is 1.88. The average Bonchev–Trinajstić information content (AvgIpc) is 2.63. The third-order valence-electron chi connectivity index (χ3n) is 3.82. The normalized spacial score (nSPS) is 11.0. The van der Waals surface area contributed by atoms with Gasteiger partial charge in [-0.1, -0.05) is 42.5 Å². The van der Waals surface area contributed by atoms with Crippen LogP contribution in [-0.2, 0) is 10.0 Å². The van der Waals surface area contributed by atoms with Gasteiger partial charge in [-0.2, -0.15) is 0 Å². The van der Waals surface area contributed by atoms with E-state index in [1.54, 1.807) is 55.5 Å². The number of sulfonamides is 1. The third-order valence-corrected chi connectivity index (χ3v) is 5.20. The van der Waals surface area contributed by atoms with Crippen molar-refractivity contribution in [3.63, 3.8) is 0 Å². The summed E-state index contributed by atoms with van der Waals surface area (Å²) < 4.78 is 27.7. The largest absolute Gasteiger partial charge is 0.322 e. The van der Waals surface area contributed by atoms with Crippen molar-refractivity contribution in [3.8, 4) is 0 Å². The Morgan fingerprint density at radius 1 is 0.808 bits per heavy atom. The maximum Gasteiger partial charge on any atom is 0.261 e. The van der Waals surface area contributed by atoms with E-state index in [2.05, 4.69) is 10.0 Å². The van der Waals surface area contributed by atoms with E-state index in [1.807, 2.05) is 18.2 Å². The first-order valence-corrected chi connectivity index (χ1v) is 9.49. The zero-order valence-electron chi connectivity index (χ0n) is 14.1. The lowest BCUT2D eigenvalue weighted by atomic mass is 10.1. The third kappa shape index (κ3) is 4.10. The van der Waals surface area contributed by atoms with Crippen LogP contribution < -0.4 is 10.0 Å². The summed E-state index contributed by atoms with van der Waals surface area (Å²) in [6.07, 6.45) is 0. The standard InChI is InChI=1S/C20H18N2O3S/c1-15-12-13-18(26(24,25)22-17-10-6-3-7-11-17)14-19(15)20(23)21-16-8-4-2-5-9-16/h2-14,22H,1H3,(H,21,23).